The molecule has 1 heterocycles. The first-order chi connectivity index (χ1) is 16.7. The number of carbonyl (C=O) groups excluding carboxylic acids is 2. The van der Waals surface area contributed by atoms with E-state index in [-0.39, 0.29) is 23.6 Å². The van der Waals surface area contributed by atoms with Crippen molar-refractivity contribution in [3.05, 3.63) is 47.5 Å². The smallest absolute Gasteiger partial charge is 0.387 e. The zero-order valence-electron chi connectivity index (χ0n) is 19.8. The van der Waals surface area contributed by atoms with E-state index in [4.69, 9.17) is 0 Å². The first-order valence-electron chi connectivity index (χ1n) is 12.1. The number of carbonyl (C=O) groups is 2. The summed E-state index contributed by atoms with van der Waals surface area (Å²) < 4.78 is 44.6. The van der Waals surface area contributed by atoms with Crippen molar-refractivity contribution in [1.29, 1.82) is 0 Å². The topological polar surface area (TPSA) is 85.3 Å². The molecule has 3 atom stereocenters. The molecule has 4 rings (SSSR count). The van der Waals surface area contributed by atoms with Crippen LogP contribution in [0.3, 0.4) is 0 Å². The summed E-state index contributed by atoms with van der Waals surface area (Å²) >= 11 is 0. The minimum atomic E-state index is -3.12. The molecule has 2 aliphatic rings. The Labute approximate surface area is 202 Å². The van der Waals surface area contributed by atoms with Crippen LogP contribution in [0.2, 0.25) is 0 Å². The molecule has 7 nitrogen and oxygen atoms in total. The molecule has 0 radical (unpaired) electrons. The van der Waals surface area contributed by atoms with E-state index >= 15 is 0 Å². The predicted molar refractivity (Wildman–Crippen MR) is 123 cm³/mol. The average Bonchev–Trinajstić information content (AvgIpc) is 3.34. The molecule has 35 heavy (non-hydrogen) atoms. The highest BCUT2D eigenvalue weighted by Crippen LogP contribution is 2.39. The van der Waals surface area contributed by atoms with Crippen molar-refractivity contribution in [3.8, 4) is 5.75 Å². The minimum absolute atomic E-state index is 0.0972. The summed E-state index contributed by atoms with van der Waals surface area (Å²) in [5.41, 5.74) is 0.935. The van der Waals surface area contributed by atoms with Crippen molar-refractivity contribution < 1.29 is 27.5 Å². The Morgan fingerprint density at radius 1 is 1.11 bits per heavy atom. The third-order valence-corrected chi connectivity index (χ3v) is 6.41. The first kappa shape index (κ1) is 25.1. The van der Waals surface area contributed by atoms with E-state index in [2.05, 4.69) is 34.3 Å². The number of amides is 2. The van der Waals surface area contributed by atoms with Gasteiger partial charge in [0.05, 0.1) is 5.69 Å². The van der Waals surface area contributed by atoms with E-state index in [0.717, 1.165) is 36.7 Å². The van der Waals surface area contributed by atoms with Gasteiger partial charge in [0.1, 0.15) is 17.6 Å². The largest absolute Gasteiger partial charge is 0.435 e. The summed E-state index contributed by atoms with van der Waals surface area (Å²) in [5, 5.41) is 10.6. The Morgan fingerprint density at radius 3 is 2.49 bits per heavy atom. The van der Waals surface area contributed by atoms with Gasteiger partial charge in [0.15, 0.2) is 0 Å². The van der Waals surface area contributed by atoms with Crippen molar-refractivity contribution >= 4 is 11.8 Å². The van der Waals surface area contributed by atoms with Crippen molar-refractivity contribution in [3.63, 3.8) is 0 Å². The second-order valence-corrected chi connectivity index (χ2v) is 9.88. The molecule has 0 bridgehead atoms. The van der Waals surface area contributed by atoms with Gasteiger partial charge in [0, 0.05) is 35.8 Å². The maximum absolute atomic E-state index is 13.8. The van der Waals surface area contributed by atoms with Crippen LogP contribution in [0, 0.1) is 11.7 Å². The highest BCUT2D eigenvalue weighted by atomic mass is 19.3. The van der Waals surface area contributed by atoms with Crippen LogP contribution in [0.5, 0.6) is 5.75 Å². The van der Waals surface area contributed by atoms with E-state index in [1.54, 1.807) is 4.68 Å². The van der Waals surface area contributed by atoms with Crippen LogP contribution >= 0.6 is 0 Å². The molecule has 2 saturated carbocycles. The molecule has 0 aliphatic heterocycles. The van der Waals surface area contributed by atoms with Crippen molar-refractivity contribution in [1.82, 2.24) is 20.4 Å². The van der Waals surface area contributed by atoms with Gasteiger partial charge in [-0.2, -0.15) is 13.9 Å². The number of hydrogen-bond acceptors (Lipinski definition) is 4. The second kappa shape index (κ2) is 10.7. The number of halogens is 3. The van der Waals surface area contributed by atoms with Crippen LogP contribution in [0.1, 0.15) is 80.4 Å². The molecule has 1 aromatic heterocycles. The van der Waals surface area contributed by atoms with Gasteiger partial charge in [-0.05, 0) is 62.6 Å². The number of hydrogen-bond donors (Lipinski definition) is 2. The fourth-order valence-corrected chi connectivity index (χ4v) is 4.58. The molecule has 0 spiro atoms. The maximum Gasteiger partial charge on any atom is 0.387 e. The molecule has 2 fully saturated rings. The summed E-state index contributed by atoms with van der Waals surface area (Å²) in [7, 11) is 0. The fraction of sp³-hybridized carbons (Fsp3) is 0.560. The lowest BCUT2D eigenvalue weighted by atomic mass is 10.0. The quantitative estimate of drug-likeness (QED) is 0.510. The number of benzene rings is 1. The minimum Gasteiger partial charge on any atom is -0.435 e. The van der Waals surface area contributed by atoms with Crippen molar-refractivity contribution in [2.45, 2.75) is 83.0 Å². The maximum atomic E-state index is 13.8. The van der Waals surface area contributed by atoms with Gasteiger partial charge in [-0.15, -0.1) is 0 Å². The molecular formula is C25H31F3N4O3. The van der Waals surface area contributed by atoms with Crippen LogP contribution < -0.4 is 15.4 Å². The average molecular weight is 493 g/mol. The van der Waals surface area contributed by atoms with Gasteiger partial charge in [-0.25, -0.2) is 4.39 Å². The number of nitrogens with one attached hydrogen (secondary N) is 2. The Balaban J connectivity index is 1.34. The van der Waals surface area contributed by atoms with Gasteiger partial charge < -0.3 is 15.4 Å². The van der Waals surface area contributed by atoms with E-state index in [1.807, 2.05) is 12.3 Å². The van der Waals surface area contributed by atoms with Gasteiger partial charge in [0.25, 0.3) is 5.91 Å². The summed E-state index contributed by atoms with van der Waals surface area (Å²) in [6.45, 7) is 1.02. The summed E-state index contributed by atoms with van der Waals surface area (Å²) in [6.07, 6.45) is 6.66. The van der Waals surface area contributed by atoms with Crippen molar-refractivity contribution in [2.75, 3.05) is 0 Å². The Hall–Kier alpha value is -3.04. The van der Waals surface area contributed by atoms with E-state index < -0.39 is 30.1 Å². The highest BCUT2D eigenvalue weighted by Gasteiger charge is 2.32. The van der Waals surface area contributed by atoms with Gasteiger partial charge >= 0.3 is 6.61 Å². The molecule has 1 aromatic carbocycles. The molecule has 190 valence electrons. The third-order valence-electron chi connectivity index (χ3n) is 6.41. The van der Waals surface area contributed by atoms with E-state index in [0.29, 0.717) is 37.5 Å². The van der Waals surface area contributed by atoms with Crippen LogP contribution in [0.25, 0.3) is 0 Å². The molecule has 2 aliphatic carbocycles. The normalized spacial score (nSPS) is 20.8. The van der Waals surface area contributed by atoms with Crippen LogP contribution in [-0.4, -0.2) is 40.3 Å². The molecule has 10 heteroatoms. The molecule has 2 amide bonds. The SMILES string of the molecule is CC(C)CC(C(=O)N[C@@H]1CC[C@H](NC(=O)c2cc(F)cc(OC(F)F)c2)C1)n1ccc(C2CC2)n1. The van der Waals surface area contributed by atoms with E-state index in [1.165, 1.54) is 0 Å². The summed E-state index contributed by atoms with van der Waals surface area (Å²) in [5.74, 6) is -1.12. The standard InChI is InChI=1S/C25H31F3N4O3/c1-14(2)9-22(32-8-7-21(31-32)15-3-4-15)24(34)30-19-6-5-18(13-19)29-23(33)16-10-17(26)12-20(11-16)35-25(27)28/h7-8,10-12,14-15,18-19,22,25H,3-6,9,13H2,1-2H3,(H,29,33)(H,30,34)/t18-,19+,22?/m0/s1. The molecule has 1 unspecified atom stereocenters. The van der Waals surface area contributed by atoms with Crippen LogP contribution in [-0.2, 0) is 4.79 Å². The Kier molecular flexibility index (Phi) is 7.66. The molecular weight excluding hydrogens is 461 g/mol. The number of aromatic nitrogens is 2. The number of rotatable bonds is 10. The van der Waals surface area contributed by atoms with Gasteiger partial charge in [-0.1, -0.05) is 13.8 Å². The van der Waals surface area contributed by atoms with Crippen LogP contribution in [0.4, 0.5) is 13.2 Å². The third kappa shape index (κ3) is 6.76. The Morgan fingerprint density at radius 2 is 1.83 bits per heavy atom. The predicted octanol–water partition coefficient (Wildman–Crippen LogP) is 4.56. The number of alkyl halides is 2. The second-order valence-electron chi connectivity index (χ2n) is 9.88. The zero-order chi connectivity index (χ0) is 25.1. The molecule has 2 aromatic rings. The zero-order valence-corrected chi connectivity index (χ0v) is 19.8. The van der Waals surface area contributed by atoms with E-state index in [9.17, 15) is 22.8 Å². The van der Waals surface area contributed by atoms with Gasteiger partial charge in [-0.3, -0.25) is 14.3 Å². The monoisotopic (exact) mass is 492 g/mol. The van der Waals surface area contributed by atoms with Crippen molar-refractivity contribution in [2.24, 2.45) is 5.92 Å². The fourth-order valence-electron chi connectivity index (χ4n) is 4.58. The lowest BCUT2D eigenvalue weighted by Gasteiger charge is -2.22. The Bertz CT molecular complexity index is 1050. The molecule has 0 saturated heterocycles. The lowest BCUT2D eigenvalue weighted by Crippen LogP contribution is -2.41. The van der Waals surface area contributed by atoms with Gasteiger partial charge in [0.2, 0.25) is 5.91 Å². The molecule has 2 N–H and O–H groups in total. The number of nitrogens with zero attached hydrogens (tertiary/aromatic N) is 2. The summed E-state index contributed by atoms with van der Waals surface area (Å²) in [6, 6.07) is 4.08. The summed E-state index contributed by atoms with van der Waals surface area (Å²) in [4.78, 5) is 25.7. The highest BCUT2D eigenvalue weighted by molar-refractivity contribution is 5.94. The van der Waals surface area contributed by atoms with Crippen LogP contribution in [0.15, 0.2) is 30.5 Å². The lowest BCUT2D eigenvalue weighted by molar-refractivity contribution is -0.125. The number of ether oxygens (including phenoxy) is 1. The first-order valence-corrected chi connectivity index (χ1v) is 12.1.